The predicted octanol–water partition coefficient (Wildman–Crippen LogP) is 4.13. The maximum absolute atomic E-state index is 12.5. The summed E-state index contributed by atoms with van der Waals surface area (Å²) in [6.45, 7) is 1.97. The second kappa shape index (κ2) is 6.22. The molecule has 3 rings (SSSR count). The highest BCUT2D eigenvalue weighted by molar-refractivity contribution is 6.05. The van der Waals surface area contributed by atoms with E-state index in [1.54, 1.807) is 13.2 Å². The first-order chi connectivity index (χ1) is 10.7. The topological polar surface area (TPSA) is 38.3 Å². The number of benzene rings is 2. The lowest BCUT2D eigenvalue weighted by molar-refractivity contribution is 0.102. The smallest absolute Gasteiger partial charge is 0.255 e. The molecule has 0 saturated carbocycles. The Bertz CT molecular complexity index is 707. The van der Waals surface area contributed by atoms with Gasteiger partial charge in [0.15, 0.2) is 0 Å². The van der Waals surface area contributed by atoms with E-state index in [0.29, 0.717) is 5.56 Å². The van der Waals surface area contributed by atoms with Gasteiger partial charge in [0.05, 0.1) is 7.11 Å². The molecule has 114 valence electrons. The van der Waals surface area contributed by atoms with E-state index < -0.39 is 0 Å². The third kappa shape index (κ3) is 2.84. The number of aryl methyl sites for hydroxylation is 2. The summed E-state index contributed by atoms with van der Waals surface area (Å²) in [4.78, 5) is 12.5. The van der Waals surface area contributed by atoms with Crippen molar-refractivity contribution in [3.8, 4) is 5.75 Å². The van der Waals surface area contributed by atoms with E-state index in [0.717, 1.165) is 29.8 Å². The summed E-state index contributed by atoms with van der Waals surface area (Å²) in [7, 11) is 1.62. The van der Waals surface area contributed by atoms with Gasteiger partial charge in [-0.25, -0.2) is 0 Å². The SMILES string of the molecule is COc1cc(C(=O)Nc2cccc3c2CCCC3)ccc1C. The lowest BCUT2D eigenvalue weighted by atomic mass is 9.90. The van der Waals surface area contributed by atoms with Crippen LogP contribution in [0.1, 0.15) is 39.9 Å². The Kier molecular flexibility index (Phi) is 4.14. The Labute approximate surface area is 131 Å². The summed E-state index contributed by atoms with van der Waals surface area (Å²) in [5, 5.41) is 3.06. The van der Waals surface area contributed by atoms with Crippen LogP contribution in [0, 0.1) is 6.92 Å². The predicted molar refractivity (Wildman–Crippen MR) is 88.8 cm³/mol. The number of carbonyl (C=O) groups is 1. The summed E-state index contributed by atoms with van der Waals surface area (Å²) < 4.78 is 5.30. The average Bonchev–Trinajstić information content (AvgIpc) is 2.55. The number of amides is 1. The maximum atomic E-state index is 12.5. The third-order valence-electron chi connectivity index (χ3n) is 4.31. The summed E-state index contributed by atoms with van der Waals surface area (Å²) in [5.41, 5.74) is 5.25. The van der Waals surface area contributed by atoms with E-state index in [9.17, 15) is 4.79 Å². The van der Waals surface area contributed by atoms with Crippen LogP contribution in [0.5, 0.6) is 5.75 Å². The molecule has 0 aromatic heterocycles. The molecule has 0 aliphatic heterocycles. The van der Waals surface area contributed by atoms with E-state index in [1.807, 2.05) is 31.2 Å². The molecule has 1 N–H and O–H groups in total. The van der Waals surface area contributed by atoms with E-state index in [4.69, 9.17) is 4.74 Å². The minimum atomic E-state index is -0.0859. The summed E-state index contributed by atoms with van der Waals surface area (Å²) in [5.74, 6) is 0.653. The van der Waals surface area contributed by atoms with Gasteiger partial charge in [-0.15, -0.1) is 0 Å². The molecule has 3 heteroatoms. The van der Waals surface area contributed by atoms with Crippen molar-refractivity contribution in [1.29, 1.82) is 0 Å². The molecule has 2 aromatic carbocycles. The highest BCUT2D eigenvalue weighted by Gasteiger charge is 2.15. The van der Waals surface area contributed by atoms with Gasteiger partial charge in [0.2, 0.25) is 0 Å². The van der Waals surface area contributed by atoms with Crippen molar-refractivity contribution in [1.82, 2.24) is 0 Å². The van der Waals surface area contributed by atoms with Crippen molar-refractivity contribution in [3.05, 3.63) is 58.7 Å². The van der Waals surface area contributed by atoms with E-state index in [2.05, 4.69) is 11.4 Å². The Morgan fingerprint density at radius 3 is 2.77 bits per heavy atom. The van der Waals surface area contributed by atoms with Crippen molar-refractivity contribution in [2.45, 2.75) is 32.6 Å². The quantitative estimate of drug-likeness (QED) is 0.924. The minimum absolute atomic E-state index is 0.0859. The van der Waals surface area contributed by atoms with Gasteiger partial charge in [-0.2, -0.15) is 0 Å². The molecule has 0 atom stereocenters. The zero-order valence-corrected chi connectivity index (χ0v) is 13.1. The van der Waals surface area contributed by atoms with Crippen molar-refractivity contribution >= 4 is 11.6 Å². The molecule has 0 spiro atoms. The Morgan fingerprint density at radius 2 is 1.95 bits per heavy atom. The van der Waals surface area contributed by atoms with Gasteiger partial charge in [-0.05, 0) is 67.5 Å². The van der Waals surface area contributed by atoms with Gasteiger partial charge in [-0.3, -0.25) is 4.79 Å². The zero-order valence-electron chi connectivity index (χ0n) is 13.1. The normalized spacial score (nSPS) is 13.4. The standard InChI is InChI=1S/C19H21NO2/c1-13-10-11-15(12-18(13)22-2)19(21)20-17-9-5-7-14-6-3-4-8-16(14)17/h5,7,9-12H,3-4,6,8H2,1-2H3,(H,20,21). The second-order valence-corrected chi connectivity index (χ2v) is 5.79. The Hall–Kier alpha value is -2.29. The summed E-state index contributed by atoms with van der Waals surface area (Å²) in [6.07, 6.45) is 4.58. The van der Waals surface area contributed by atoms with Crippen LogP contribution in [0.3, 0.4) is 0 Å². The Balaban J connectivity index is 1.86. The van der Waals surface area contributed by atoms with Gasteiger partial charge >= 0.3 is 0 Å². The zero-order chi connectivity index (χ0) is 15.5. The van der Waals surface area contributed by atoms with Crippen molar-refractivity contribution < 1.29 is 9.53 Å². The van der Waals surface area contributed by atoms with Crippen LogP contribution in [0.15, 0.2) is 36.4 Å². The molecule has 0 radical (unpaired) electrons. The summed E-state index contributed by atoms with van der Waals surface area (Å²) in [6, 6.07) is 11.7. The molecule has 0 bridgehead atoms. The molecule has 0 saturated heterocycles. The number of anilines is 1. The van der Waals surface area contributed by atoms with E-state index in [-0.39, 0.29) is 5.91 Å². The average molecular weight is 295 g/mol. The van der Waals surface area contributed by atoms with Gasteiger partial charge in [-0.1, -0.05) is 18.2 Å². The van der Waals surface area contributed by atoms with Crippen LogP contribution < -0.4 is 10.1 Å². The van der Waals surface area contributed by atoms with Crippen LogP contribution in [-0.2, 0) is 12.8 Å². The highest BCUT2D eigenvalue weighted by Crippen LogP contribution is 2.28. The molecule has 1 amide bonds. The summed E-state index contributed by atoms with van der Waals surface area (Å²) >= 11 is 0. The monoisotopic (exact) mass is 295 g/mol. The van der Waals surface area contributed by atoms with Crippen LogP contribution >= 0.6 is 0 Å². The fraction of sp³-hybridized carbons (Fsp3) is 0.316. The maximum Gasteiger partial charge on any atom is 0.255 e. The van der Waals surface area contributed by atoms with Crippen LogP contribution in [-0.4, -0.2) is 13.0 Å². The number of rotatable bonds is 3. The molecule has 1 aliphatic rings. The molecule has 22 heavy (non-hydrogen) atoms. The lowest BCUT2D eigenvalue weighted by Crippen LogP contribution is -2.15. The van der Waals surface area contributed by atoms with Gasteiger partial charge in [0.1, 0.15) is 5.75 Å². The van der Waals surface area contributed by atoms with Crippen molar-refractivity contribution in [2.24, 2.45) is 0 Å². The lowest BCUT2D eigenvalue weighted by Gasteiger charge is -2.19. The van der Waals surface area contributed by atoms with Gasteiger partial charge in [0, 0.05) is 11.3 Å². The molecule has 0 unspecified atom stereocenters. The molecule has 1 aliphatic carbocycles. The van der Waals surface area contributed by atoms with E-state index >= 15 is 0 Å². The number of ether oxygens (including phenoxy) is 1. The van der Waals surface area contributed by atoms with Crippen LogP contribution in [0.4, 0.5) is 5.69 Å². The first-order valence-corrected chi connectivity index (χ1v) is 7.76. The molecule has 0 heterocycles. The van der Waals surface area contributed by atoms with Gasteiger partial charge < -0.3 is 10.1 Å². The largest absolute Gasteiger partial charge is 0.496 e. The fourth-order valence-electron chi connectivity index (χ4n) is 3.05. The molecule has 2 aromatic rings. The van der Waals surface area contributed by atoms with Gasteiger partial charge in [0.25, 0.3) is 5.91 Å². The first-order valence-electron chi connectivity index (χ1n) is 7.76. The molecular weight excluding hydrogens is 274 g/mol. The number of methoxy groups -OCH3 is 1. The second-order valence-electron chi connectivity index (χ2n) is 5.79. The number of carbonyl (C=O) groups excluding carboxylic acids is 1. The molecule has 0 fully saturated rings. The third-order valence-corrected chi connectivity index (χ3v) is 4.31. The molecular formula is C19H21NO2. The van der Waals surface area contributed by atoms with E-state index in [1.165, 1.54) is 24.0 Å². The van der Waals surface area contributed by atoms with Crippen LogP contribution in [0.2, 0.25) is 0 Å². The molecule has 3 nitrogen and oxygen atoms in total. The number of hydrogen-bond donors (Lipinski definition) is 1. The highest BCUT2D eigenvalue weighted by atomic mass is 16.5. The Morgan fingerprint density at radius 1 is 1.14 bits per heavy atom. The number of hydrogen-bond acceptors (Lipinski definition) is 2. The number of nitrogens with one attached hydrogen (secondary N) is 1. The fourth-order valence-corrected chi connectivity index (χ4v) is 3.05. The van der Waals surface area contributed by atoms with Crippen molar-refractivity contribution in [2.75, 3.05) is 12.4 Å². The first kappa shape index (κ1) is 14.6. The van der Waals surface area contributed by atoms with Crippen LogP contribution in [0.25, 0.3) is 0 Å². The van der Waals surface area contributed by atoms with Crippen molar-refractivity contribution in [3.63, 3.8) is 0 Å². The minimum Gasteiger partial charge on any atom is -0.496 e. The number of fused-ring (bicyclic) bond motifs is 1.